The molecule has 0 aromatic carbocycles. The quantitative estimate of drug-likeness (QED) is 0.805. The predicted octanol–water partition coefficient (Wildman–Crippen LogP) is 3.58. The molecule has 0 atom stereocenters. The van der Waals surface area contributed by atoms with Gasteiger partial charge in [-0.05, 0) is 25.7 Å². The molecule has 5 nitrogen and oxygen atoms in total. The number of hydrogen-bond acceptors (Lipinski definition) is 2. The van der Waals surface area contributed by atoms with Crippen LogP contribution < -0.4 is 10.6 Å². The zero-order valence-corrected chi connectivity index (χ0v) is 15.3. The summed E-state index contributed by atoms with van der Waals surface area (Å²) in [6, 6.07) is 0.659. The van der Waals surface area contributed by atoms with Crippen molar-refractivity contribution >= 4 is 11.9 Å². The van der Waals surface area contributed by atoms with E-state index in [1.165, 1.54) is 51.4 Å². The summed E-state index contributed by atoms with van der Waals surface area (Å²) >= 11 is 0. The largest absolute Gasteiger partial charge is 0.353 e. The van der Waals surface area contributed by atoms with Crippen molar-refractivity contribution in [2.45, 2.75) is 95.6 Å². The minimum Gasteiger partial charge on any atom is -0.353 e. The second-order valence-electron chi connectivity index (χ2n) is 7.49. The maximum atomic E-state index is 12.3. The van der Waals surface area contributed by atoms with Gasteiger partial charge in [0.05, 0.1) is 0 Å². The normalized spacial score (nSPS) is 20.7. The Hall–Kier alpha value is -1.26. The molecule has 2 N–H and O–H groups in total. The summed E-state index contributed by atoms with van der Waals surface area (Å²) in [5.41, 5.74) is 0. The van der Waals surface area contributed by atoms with Crippen LogP contribution in [0.2, 0.25) is 0 Å². The molecule has 24 heavy (non-hydrogen) atoms. The number of hydrogen-bond donors (Lipinski definition) is 2. The zero-order chi connectivity index (χ0) is 17.2. The van der Waals surface area contributed by atoms with Gasteiger partial charge in [0.25, 0.3) is 0 Å². The molecule has 2 saturated carbocycles. The first-order valence-corrected chi connectivity index (χ1v) is 9.97. The van der Waals surface area contributed by atoms with E-state index in [9.17, 15) is 9.59 Å². The van der Waals surface area contributed by atoms with Crippen LogP contribution in [0.25, 0.3) is 0 Å². The highest BCUT2D eigenvalue weighted by atomic mass is 16.2. The summed E-state index contributed by atoms with van der Waals surface area (Å²) in [5.74, 6) is 0.0656. The second kappa shape index (κ2) is 10.6. The van der Waals surface area contributed by atoms with E-state index in [-0.39, 0.29) is 11.9 Å². The smallest absolute Gasteiger partial charge is 0.317 e. The molecule has 0 spiro atoms. The Morgan fingerprint density at radius 1 is 0.875 bits per heavy atom. The highest BCUT2D eigenvalue weighted by molar-refractivity contribution is 5.78. The third-order valence-electron chi connectivity index (χ3n) is 5.54. The van der Waals surface area contributed by atoms with E-state index < -0.39 is 0 Å². The Morgan fingerprint density at radius 2 is 1.42 bits per heavy atom. The highest BCUT2D eigenvalue weighted by Gasteiger charge is 2.21. The van der Waals surface area contributed by atoms with Gasteiger partial charge in [0.1, 0.15) is 0 Å². The van der Waals surface area contributed by atoms with Crippen LogP contribution in [0.15, 0.2) is 0 Å². The van der Waals surface area contributed by atoms with Gasteiger partial charge < -0.3 is 15.5 Å². The van der Waals surface area contributed by atoms with Gasteiger partial charge in [-0.2, -0.15) is 0 Å². The summed E-state index contributed by atoms with van der Waals surface area (Å²) in [7, 11) is 1.89. The first kappa shape index (κ1) is 19.1. The molecular weight excluding hydrogens is 302 g/mol. The van der Waals surface area contributed by atoms with E-state index in [0.29, 0.717) is 25.0 Å². The van der Waals surface area contributed by atoms with Crippen LogP contribution in [-0.4, -0.2) is 42.5 Å². The fourth-order valence-electron chi connectivity index (χ4n) is 3.94. The SMILES string of the molecule is CN(C(=O)NCCC(=O)NC1CCCCC1)C1CCCCCCC1. The van der Waals surface area contributed by atoms with Crippen molar-refractivity contribution in [1.29, 1.82) is 0 Å². The Kier molecular flexibility index (Phi) is 8.40. The Balaban J connectivity index is 1.63. The molecule has 5 heteroatoms. The summed E-state index contributed by atoms with van der Waals surface area (Å²) in [6.07, 6.45) is 14.8. The number of carbonyl (C=O) groups is 2. The van der Waals surface area contributed by atoms with Gasteiger partial charge in [0.15, 0.2) is 0 Å². The number of nitrogens with zero attached hydrogens (tertiary/aromatic N) is 1. The molecule has 0 unspecified atom stereocenters. The molecule has 0 bridgehead atoms. The molecule has 3 amide bonds. The Morgan fingerprint density at radius 3 is 2.08 bits per heavy atom. The van der Waals surface area contributed by atoms with E-state index in [1.54, 1.807) is 0 Å². The third-order valence-corrected chi connectivity index (χ3v) is 5.54. The average molecular weight is 338 g/mol. The molecule has 0 radical (unpaired) electrons. The molecular formula is C19H35N3O2. The van der Waals surface area contributed by atoms with E-state index in [1.807, 2.05) is 11.9 Å². The van der Waals surface area contributed by atoms with Gasteiger partial charge in [-0.25, -0.2) is 4.79 Å². The lowest BCUT2D eigenvalue weighted by Crippen LogP contribution is -2.45. The maximum Gasteiger partial charge on any atom is 0.317 e. The van der Waals surface area contributed by atoms with Crippen LogP contribution in [-0.2, 0) is 4.79 Å². The Labute approximate surface area is 146 Å². The second-order valence-corrected chi connectivity index (χ2v) is 7.49. The maximum absolute atomic E-state index is 12.3. The molecule has 0 aromatic heterocycles. The minimum atomic E-state index is -0.0361. The number of rotatable bonds is 5. The molecule has 0 aromatic rings. The lowest BCUT2D eigenvalue weighted by molar-refractivity contribution is -0.121. The van der Waals surface area contributed by atoms with Crippen LogP contribution in [0.1, 0.15) is 83.5 Å². The topological polar surface area (TPSA) is 61.4 Å². The zero-order valence-electron chi connectivity index (χ0n) is 15.3. The fraction of sp³-hybridized carbons (Fsp3) is 0.895. The van der Waals surface area contributed by atoms with Crippen LogP contribution >= 0.6 is 0 Å². The van der Waals surface area contributed by atoms with Gasteiger partial charge in [-0.3, -0.25) is 4.79 Å². The van der Waals surface area contributed by atoms with Gasteiger partial charge >= 0.3 is 6.03 Å². The van der Waals surface area contributed by atoms with Crippen molar-refractivity contribution in [2.24, 2.45) is 0 Å². The molecule has 138 valence electrons. The third kappa shape index (κ3) is 6.70. The van der Waals surface area contributed by atoms with Crippen LogP contribution in [0.3, 0.4) is 0 Å². The monoisotopic (exact) mass is 337 g/mol. The molecule has 2 aliphatic rings. The lowest BCUT2D eigenvalue weighted by Gasteiger charge is -2.30. The average Bonchev–Trinajstić information content (AvgIpc) is 2.55. The van der Waals surface area contributed by atoms with Crippen molar-refractivity contribution in [3.05, 3.63) is 0 Å². The summed E-state index contributed by atoms with van der Waals surface area (Å²) in [5, 5.41) is 6.01. The molecule has 2 fully saturated rings. The standard InChI is InChI=1S/C19H35N3O2/c1-22(17-12-8-3-2-4-9-13-17)19(24)20-15-14-18(23)21-16-10-6-5-7-11-16/h16-17H,2-15H2,1H3,(H,20,24)(H,21,23). The van der Waals surface area contributed by atoms with Crippen molar-refractivity contribution in [3.63, 3.8) is 0 Å². The number of amides is 3. The number of urea groups is 1. The molecule has 2 aliphatic carbocycles. The van der Waals surface area contributed by atoms with Crippen LogP contribution in [0.4, 0.5) is 4.79 Å². The van der Waals surface area contributed by atoms with E-state index in [2.05, 4.69) is 10.6 Å². The van der Waals surface area contributed by atoms with Crippen molar-refractivity contribution < 1.29 is 9.59 Å². The molecule has 0 saturated heterocycles. The van der Waals surface area contributed by atoms with E-state index >= 15 is 0 Å². The van der Waals surface area contributed by atoms with Gasteiger partial charge in [0, 0.05) is 32.1 Å². The predicted molar refractivity (Wildman–Crippen MR) is 96.9 cm³/mol. The van der Waals surface area contributed by atoms with Crippen LogP contribution in [0, 0.1) is 0 Å². The molecule has 0 aliphatic heterocycles. The van der Waals surface area contributed by atoms with Gasteiger partial charge in [-0.15, -0.1) is 0 Å². The number of nitrogens with one attached hydrogen (secondary N) is 2. The lowest BCUT2D eigenvalue weighted by atomic mass is 9.95. The first-order valence-electron chi connectivity index (χ1n) is 9.97. The van der Waals surface area contributed by atoms with Crippen LogP contribution in [0.5, 0.6) is 0 Å². The van der Waals surface area contributed by atoms with Crippen molar-refractivity contribution in [2.75, 3.05) is 13.6 Å². The van der Waals surface area contributed by atoms with E-state index in [4.69, 9.17) is 0 Å². The van der Waals surface area contributed by atoms with Crippen molar-refractivity contribution in [3.8, 4) is 0 Å². The van der Waals surface area contributed by atoms with E-state index in [0.717, 1.165) is 25.7 Å². The summed E-state index contributed by atoms with van der Waals surface area (Å²) < 4.78 is 0. The molecule has 2 rings (SSSR count). The highest BCUT2D eigenvalue weighted by Crippen LogP contribution is 2.20. The summed E-state index contributed by atoms with van der Waals surface area (Å²) in [4.78, 5) is 26.1. The van der Waals surface area contributed by atoms with Gasteiger partial charge in [0.2, 0.25) is 5.91 Å². The minimum absolute atomic E-state index is 0.0361. The number of carbonyl (C=O) groups excluding carboxylic acids is 2. The Bertz CT molecular complexity index is 386. The van der Waals surface area contributed by atoms with Crippen molar-refractivity contribution in [1.82, 2.24) is 15.5 Å². The first-order chi connectivity index (χ1) is 11.7. The summed E-state index contributed by atoms with van der Waals surface area (Å²) in [6.45, 7) is 0.425. The van der Waals surface area contributed by atoms with Gasteiger partial charge in [-0.1, -0.05) is 51.4 Å². The molecule has 0 heterocycles. The fourth-order valence-corrected chi connectivity index (χ4v) is 3.94.